The molecule has 45 heavy (non-hydrogen) atoms. The van der Waals surface area contributed by atoms with Crippen molar-refractivity contribution in [3.63, 3.8) is 0 Å². The van der Waals surface area contributed by atoms with Crippen molar-refractivity contribution in [2.45, 2.75) is 5.41 Å². The van der Waals surface area contributed by atoms with E-state index in [9.17, 15) is 0 Å². The molecular formula is C43H29NS. The molecule has 0 unspecified atom stereocenters. The van der Waals surface area contributed by atoms with Crippen molar-refractivity contribution >= 4 is 53.3 Å². The Bertz CT molecular complexity index is 2390. The van der Waals surface area contributed by atoms with E-state index in [-0.39, 0.29) is 0 Å². The van der Waals surface area contributed by atoms with Gasteiger partial charge in [-0.2, -0.15) is 0 Å². The molecule has 0 amide bonds. The fourth-order valence-electron chi connectivity index (χ4n) is 7.46. The van der Waals surface area contributed by atoms with Gasteiger partial charge in [-0.25, -0.2) is 0 Å². The van der Waals surface area contributed by atoms with Crippen LogP contribution in [0.3, 0.4) is 0 Å². The number of hydrogen-bond acceptors (Lipinski definition) is 1. The monoisotopic (exact) mass is 591 g/mol. The minimum Gasteiger partial charge on any atom is -0.309 e. The average molecular weight is 592 g/mol. The molecule has 0 saturated heterocycles. The first kappa shape index (κ1) is 26.0. The Kier molecular flexibility index (Phi) is 5.97. The number of benzene rings is 7. The van der Waals surface area contributed by atoms with Crippen LogP contribution in [0.15, 0.2) is 176 Å². The molecule has 0 aliphatic rings. The van der Waals surface area contributed by atoms with Crippen LogP contribution in [0.1, 0.15) is 22.3 Å². The van der Waals surface area contributed by atoms with Gasteiger partial charge in [-0.1, -0.05) is 146 Å². The van der Waals surface area contributed by atoms with Gasteiger partial charge in [0.1, 0.15) is 0 Å². The predicted octanol–water partition coefficient (Wildman–Crippen LogP) is 11.5. The van der Waals surface area contributed by atoms with Crippen LogP contribution < -0.4 is 0 Å². The van der Waals surface area contributed by atoms with E-state index in [0.29, 0.717) is 0 Å². The molecule has 0 radical (unpaired) electrons. The van der Waals surface area contributed by atoms with Crippen molar-refractivity contribution in [2.75, 3.05) is 0 Å². The van der Waals surface area contributed by atoms with E-state index in [1.54, 1.807) is 0 Å². The zero-order chi connectivity index (χ0) is 29.8. The van der Waals surface area contributed by atoms with Gasteiger partial charge in [0.25, 0.3) is 0 Å². The Morgan fingerprint density at radius 2 is 0.911 bits per heavy atom. The highest BCUT2D eigenvalue weighted by Gasteiger charge is 2.40. The Balaban J connectivity index is 1.42. The predicted molar refractivity (Wildman–Crippen MR) is 192 cm³/mol. The molecule has 2 heterocycles. The molecule has 0 fully saturated rings. The van der Waals surface area contributed by atoms with Crippen LogP contribution in [0.4, 0.5) is 0 Å². The maximum absolute atomic E-state index is 2.43. The Morgan fingerprint density at radius 1 is 0.400 bits per heavy atom. The van der Waals surface area contributed by atoms with E-state index in [4.69, 9.17) is 0 Å². The van der Waals surface area contributed by atoms with E-state index in [1.165, 1.54) is 64.2 Å². The maximum Gasteiger partial charge on any atom is 0.0716 e. The van der Waals surface area contributed by atoms with Crippen molar-refractivity contribution < 1.29 is 0 Å². The number of fused-ring (bicyclic) bond motifs is 6. The molecule has 2 heteroatoms. The van der Waals surface area contributed by atoms with Crippen LogP contribution >= 0.6 is 11.3 Å². The second kappa shape index (κ2) is 10.3. The number of rotatable bonds is 5. The number of para-hydroxylation sites is 2. The highest BCUT2D eigenvalue weighted by atomic mass is 32.1. The van der Waals surface area contributed by atoms with Gasteiger partial charge in [0, 0.05) is 36.6 Å². The second-order valence-electron chi connectivity index (χ2n) is 11.7. The summed E-state index contributed by atoms with van der Waals surface area (Å²) in [4.78, 5) is 0. The van der Waals surface area contributed by atoms with Crippen LogP contribution in [0.25, 0.3) is 47.7 Å². The first-order valence-corrected chi connectivity index (χ1v) is 16.3. The molecule has 0 spiro atoms. The normalized spacial score (nSPS) is 12.0. The van der Waals surface area contributed by atoms with Crippen LogP contribution in [0.5, 0.6) is 0 Å². The largest absolute Gasteiger partial charge is 0.309 e. The lowest BCUT2D eigenvalue weighted by atomic mass is 9.65. The van der Waals surface area contributed by atoms with E-state index in [1.807, 2.05) is 11.3 Å². The van der Waals surface area contributed by atoms with Gasteiger partial charge in [0.05, 0.1) is 16.4 Å². The standard InChI is InChI=1S/C43H29NS/c1-3-15-30(16-4-1)43(31-17-5-2-6-18-31,38-25-14-24-37-36-23-9-12-28-41(36)45-42(37)38)32-19-13-20-33(29-32)44-39-26-10-7-21-34(39)35-22-8-11-27-40(35)44/h1-29H. The molecule has 9 aromatic rings. The SMILES string of the molecule is c1ccc(C(c2ccccc2)(c2cccc(-n3c4ccccc4c4ccccc43)c2)c2cccc3c2sc2ccccc23)cc1. The van der Waals surface area contributed by atoms with E-state index in [0.717, 1.165) is 5.69 Å². The third-order valence-electron chi connectivity index (χ3n) is 9.34. The van der Waals surface area contributed by atoms with Gasteiger partial charge in [0.15, 0.2) is 0 Å². The van der Waals surface area contributed by atoms with Crippen LogP contribution in [0, 0.1) is 0 Å². The first-order chi connectivity index (χ1) is 22.3. The quantitative estimate of drug-likeness (QED) is 0.175. The summed E-state index contributed by atoms with van der Waals surface area (Å²) in [7, 11) is 0. The third kappa shape index (κ3) is 3.86. The number of thiophene rings is 1. The van der Waals surface area contributed by atoms with E-state index >= 15 is 0 Å². The van der Waals surface area contributed by atoms with Gasteiger partial charge in [-0.15, -0.1) is 11.3 Å². The zero-order valence-corrected chi connectivity index (χ0v) is 25.4. The van der Waals surface area contributed by atoms with E-state index < -0.39 is 5.41 Å². The molecule has 2 aromatic heterocycles. The summed E-state index contributed by atoms with van der Waals surface area (Å²) < 4.78 is 5.07. The molecule has 0 N–H and O–H groups in total. The van der Waals surface area contributed by atoms with Gasteiger partial charge in [0.2, 0.25) is 0 Å². The number of hydrogen-bond donors (Lipinski definition) is 0. The van der Waals surface area contributed by atoms with Gasteiger partial charge in [-0.3, -0.25) is 0 Å². The zero-order valence-electron chi connectivity index (χ0n) is 24.6. The van der Waals surface area contributed by atoms with Crippen molar-refractivity contribution in [3.8, 4) is 5.69 Å². The second-order valence-corrected chi connectivity index (χ2v) is 12.7. The highest BCUT2D eigenvalue weighted by Crippen LogP contribution is 2.50. The maximum atomic E-state index is 2.43. The molecule has 1 nitrogen and oxygen atoms in total. The molecular weight excluding hydrogens is 563 g/mol. The Morgan fingerprint density at radius 3 is 1.58 bits per heavy atom. The fourth-order valence-corrected chi connectivity index (χ4v) is 8.74. The summed E-state index contributed by atoms with van der Waals surface area (Å²) in [6.45, 7) is 0. The summed E-state index contributed by atoms with van der Waals surface area (Å²) in [5.41, 5.74) is 8.07. The summed E-state index contributed by atoms with van der Waals surface area (Å²) in [6.07, 6.45) is 0. The number of aromatic nitrogens is 1. The summed E-state index contributed by atoms with van der Waals surface area (Å²) in [5.74, 6) is 0. The molecule has 0 aliphatic heterocycles. The van der Waals surface area contributed by atoms with Gasteiger partial charge in [-0.05, 0) is 52.6 Å². The molecule has 0 aliphatic carbocycles. The van der Waals surface area contributed by atoms with Crippen LogP contribution in [0.2, 0.25) is 0 Å². The fraction of sp³-hybridized carbons (Fsp3) is 0.0233. The van der Waals surface area contributed by atoms with Crippen molar-refractivity contribution in [2.24, 2.45) is 0 Å². The van der Waals surface area contributed by atoms with Crippen LogP contribution in [-0.4, -0.2) is 4.57 Å². The minimum absolute atomic E-state index is 0.558. The first-order valence-electron chi connectivity index (χ1n) is 15.4. The summed E-state index contributed by atoms with van der Waals surface area (Å²) in [6, 6.07) is 64.5. The molecule has 7 aromatic carbocycles. The van der Waals surface area contributed by atoms with Gasteiger partial charge >= 0.3 is 0 Å². The molecule has 0 bridgehead atoms. The van der Waals surface area contributed by atoms with Crippen molar-refractivity contribution in [3.05, 3.63) is 198 Å². The minimum atomic E-state index is -0.558. The third-order valence-corrected chi connectivity index (χ3v) is 10.6. The summed E-state index contributed by atoms with van der Waals surface area (Å²) >= 11 is 1.90. The molecule has 212 valence electrons. The lowest BCUT2D eigenvalue weighted by molar-refractivity contribution is 0.752. The lowest BCUT2D eigenvalue weighted by Crippen LogP contribution is -2.31. The molecule has 0 saturated carbocycles. The highest BCUT2D eigenvalue weighted by molar-refractivity contribution is 7.26. The lowest BCUT2D eigenvalue weighted by Gasteiger charge is -2.37. The smallest absolute Gasteiger partial charge is 0.0716 e. The topological polar surface area (TPSA) is 4.93 Å². The van der Waals surface area contributed by atoms with Crippen molar-refractivity contribution in [1.82, 2.24) is 4.57 Å². The Labute approximate surface area is 266 Å². The molecule has 9 rings (SSSR count). The summed E-state index contributed by atoms with van der Waals surface area (Å²) in [5, 5.41) is 5.16. The van der Waals surface area contributed by atoms with Crippen molar-refractivity contribution in [1.29, 1.82) is 0 Å². The average Bonchev–Trinajstić information content (AvgIpc) is 3.66. The van der Waals surface area contributed by atoms with Gasteiger partial charge < -0.3 is 4.57 Å². The van der Waals surface area contributed by atoms with E-state index in [2.05, 4.69) is 180 Å². The molecule has 0 atom stereocenters. The Hall–Kier alpha value is -5.44. The van der Waals surface area contributed by atoms with Crippen LogP contribution in [-0.2, 0) is 5.41 Å². The number of nitrogens with zero attached hydrogens (tertiary/aromatic N) is 1.